The summed E-state index contributed by atoms with van der Waals surface area (Å²) in [7, 11) is 4.99. The predicted octanol–water partition coefficient (Wildman–Crippen LogP) is 0.641. The molecule has 0 aliphatic rings. The lowest BCUT2D eigenvalue weighted by molar-refractivity contribution is 0.104. The topological polar surface area (TPSA) is 62.4 Å². The van der Waals surface area contributed by atoms with Crippen LogP contribution in [0.1, 0.15) is 10.4 Å². The normalized spacial score (nSPS) is 10.4. The van der Waals surface area contributed by atoms with Crippen LogP contribution in [0.4, 0.5) is 0 Å². The van der Waals surface area contributed by atoms with Crippen LogP contribution < -0.4 is 10.3 Å². The van der Waals surface area contributed by atoms with Crippen LogP contribution in [0, 0.1) is 0 Å². The highest BCUT2D eigenvalue weighted by Gasteiger charge is 2.13. The van der Waals surface area contributed by atoms with Crippen LogP contribution in [0.5, 0.6) is 5.75 Å². The van der Waals surface area contributed by atoms with Gasteiger partial charge in [-0.05, 0) is 6.07 Å². The fourth-order valence-corrected chi connectivity index (χ4v) is 1.16. The van der Waals surface area contributed by atoms with Gasteiger partial charge in [-0.1, -0.05) is 0 Å². The van der Waals surface area contributed by atoms with Gasteiger partial charge in [-0.25, -0.2) is 0 Å². The lowest BCUT2D eigenvalue weighted by Gasteiger charge is -2.05. The van der Waals surface area contributed by atoms with E-state index in [0.717, 1.165) is 0 Å². The van der Waals surface area contributed by atoms with E-state index in [1.165, 1.54) is 25.4 Å². The number of H-pyrrole nitrogens is 1. The second-order valence-electron chi connectivity index (χ2n) is 3.39. The molecular formula is C11H14N2O3. The minimum Gasteiger partial charge on any atom is -0.496 e. The Labute approximate surface area is 93.3 Å². The molecule has 1 aromatic heterocycles. The van der Waals surface area contributed by atoms with Crippen molar-refractivity contribution in [3.05, 3.63) is 40.5 Å². The predicted molar refractivity (Wildman–Crippen MR) is 60.8 cm³/mol. The molecule has 0 saturated carbocycles. The number of carbonyl (C=O) groups is 1. The summed E-state index contributed by atoms with van der Waals surface area (Å²) in [5.41, 5.74) is -0.434. The van der Waals surface area contributed by atoms with Crippen LogP contribution in [-0.2, 0) is 0 Å². The van der Waals surface area contributed by atoms with Crippen molar-refractivity contribution in [1.29, 1.82) is 0 Å². The maximum atomic E-state index is 11.7. The van der Waals surface area contributed by atoms with E-state index < -0.39 is 5.56 Å². The van der Waals surface area contributed by atoms with Gasteiger partial charge in [0, 0.05) is 32.6 Å². The van der Waals surface area contributed by atoms with Gasteiger partial charge >= 0.3 is 0 Å². The number of rotatable bonds is 4. The van der Waals surface area contributed by atoms with Crippen LogP contribution in [0.2, 0.25) is 0 Å². The Balaban J connectivity index is 3.12. The lowest BCUT2D eigenvalue weighted by atomic mass is 10.1. The molecule has 0 aliphatic carbocycles. The first kappa shape index (κ1) is 12.0. The smallest absolute Gasteiger partial charge is 0.262 e. The summed E-state index contributed by atoms with van der Waals surface area (Å²) in [4.78, 5) is 27.4. The summed E-state index contributed by atoms with van der Waals surface area (Å²) < 4.78 is 4.97. The number of hydrogen-bond donors (Lipinski definition) is 1. The van der Waals surface area contributed by atoms with E-state index in [0.29, 0.717) is 0 Å². The van der Waals surface area contributed by atoms with E-state index >= 15 is 0 Å². The Morgan fingerprint density at radius 3 is 2.75 bits per heavy atom. The zero-order valence-corrected chi connectivity index (χ0v) is 9.48. The molecular weight excluding hydrogens is 208 g/mol. The number of carbonyl (C=O) groups excluding carboxylic acids is 1. The SMILES string of the molecule is COc1cc[nH]c(=O)c1C(=O)/C=C/N(C)C. The van der Waals surface area contributed by atoms with Crippen LogP contribution in [0.3, 0.4) is 0 Å². The van der Waals surface area contributed by atoms with E-state index in [2.05, 4.69) is 4.98 Å². The molecule has 5 heteroatoms. The van der Waals surface area contributed by atoms with Gasteiger partial charge < -0.3 is 14.6 Å². The minimum absolute atomic E-state index is 0.0168. The number of aromatic nitrogens is 1. The number of hydrogen-bond acceptors (Lipinski definition) is 4. The van der Waals surface area contributed by atoms with Crippen molar-refractivity contribution in [3.63, 3.8) is 0 Å². The summed E-state index contributed by atoms with van der Waals surface area (Å²) in [6, 6.07) is 1.54. The average Bonchev–Trinajstić information content (AvgIpc) is 2.25. The fourth-order valence-electron chi connectivity index (χ4n) is 1.16. The van der Waals surface area contributed by atoms with Crippen molar-refractivity contribution in [2.45, 2.75) is 0 Å². The molecule has 0 radical (unpaired) electrons. The Kier molecular flexibility index (Phi) is 3.88. The number of pyridine rings is 1. The van der Waals surface area contributed by atoms with Gasteiger partial charge in [0.05, 0.1) is 7.11 Å². The molecule has 1 aromatic rings. The van der Waals surface area contributed by atoms with Gasteiger partial charge in [0.1, 0.15) is 11.3 Å². The fraction of sp³-hybridized carbons (Fsp3) is 0.273. The third-order valence-electron chi connectivity index (χ3n) is 1.91. The average molecular weight is 222 g/mol. The lowest BCUT2D eigenvalue weighted by Crippen LogP contribution is -2.17. The second-order valence-corrected chi connectivity index (χ2v) is 3.39. The van der Waals surface area contributed by atoms with Gasteiger partial charge in [-0.3, -0.25) is 9.59 Å². The van der Waals surface area contributed by atoms with Crippen LogP contribution in [0.15, 0.2) is 29.3 Å². The van der Waals surface area contributed by atoms with Gasteiger partial charge in [0.25, 0.3) is 5.56 Å². The Morgan fingerprint density at radius 1 is 1.50 bits per heavy atom. The zero-order valence-electron chi connectivity index (χ0n) is 9.48. The van der Waals surface area contributed by atoms with Gasteiger partial charge in [0.15, 0.2) is 5.78 Å². The molecule has 1 rings (SSSR count). The molecule has 1 heterocycles. The van der Waals surface area contributed by atoms with Crippen molar-refractivity contribution >= 4 is 5.78 Å². The molecule has 0 unspecified atom stereocenters. The number of nitrogens with one attached hydrogen (secondary N) is 1. The third kappa shape index (κ3) is 2.73. The number of nitrogens with zero attached hydrogens (tertiary/aromatic N) is 1. The molecule has 0 fully saturated rings. The first-order valence-corrected chi connectivity index (χ1v) is 4.71. The van der Waals surface area contributed by atoms with Crippen molar-refractivity contribution < 1.29 is 9.53 Å². The largest absolute Gasteiger partial charge is 0.496 e. The number of aromatic amines is 1. The van der Waals surface area contributed by atoms with Crippen molar-refractivity contribution in [3.8, 4) is 5.75 Å². The highest BCUT2D eigenvalue weighted by Crippen LogP contribution is 2.13. The summed E-state index contributed by atoms with van der Waals surface area (Å²) in [6.45, 7) is 0. The molecule has 0 aromatic carbocycles. The van der Waals surface area contributed by atoms with Crippen molar-refractivity contribution in [2.75, 3.05) is 21.2 Å². The summed E-state index contributed by atoms with van der Waals surface area (Å²) >= 11 is 0. The maximum absolute atomic E-state index is 11.7. The van der Waals surface area contributed by atoms with E-state index in [1.807, 2.05) is 0 Å². The van der Waals surface area contributed by atoms with Crippen molar-refractivity contribution in [1.82, 2.24) is 9.88 Å². The Morgan fingerprint density at radius 2 is 2.19 bits per heavy atom. The quantitative estimate of drug-likeness (QED) is 0.600. The number of ketones is 1. The summed E-state index contributed by atoms with van der Waals surface area (Å²) in [5.74, 6) is -0.107. The van der Waals surface area contributed by atoms with E-state index in [1.54, 1.807) is 25.2 Å². The summed E-state index contributed by atoms with van der Waals surface area (Å²) in [6.07, 6.45) is 4.34. The molecule has 0 saturated heterocycles. The second kappa shape index (κ2) is 5.16. The third-order valence-corrected chi connectivity index (χ3v) is 1.91. The molecule has 86 valence electrons. The maximum Gasteiger partial charge on any atom is 0.262 e. The molecule has 5 nitrogen and oxygen atoms in total. The van der Waals surface area contributed by atoms with Gasteiger partial charge in [0.2, 0.25) is 0 Å². The minimum atomic E-state index is -0.451. The molecule has 0 aliphatic heterocycles. The molecule has 0 amide bonds. The van der Waals surface area contributed by atoms with Crippen LogP contribution in [0.25, 0.3) is 0 Å². The first-order valence-electron chi connectivity index (χ1n) is 4.71. The standard InChI is InChI=1S/C11H14N2O3/c1-13(2)7-5-8(14)10-9(16-3)4-6-12-11(10)15/h4-7H,1-3H3,(H,12,15)/b7-5+. The molecule has 0 atom stereocenters. The van der Waals surface area contributed by atoms with Gasteiger partial charge in [-0.15, -0.1) is 0 Å². The number of methoxy groups -OCH3 is 1. The van der Waals surface area contributed by atoms with Gasteiger partial charge in [-0.2, -0.15) is 0 Å². The Hall–Kier alpha value is -2.04. The van der Waals surface area contributed by atoms with E-state index in [-0.39, 0.29) is 17.1 Å². The van der Waals surface area contributed by atoms with E-state index in [4.69, 9.17) is 4.74 Å². The molecule has 0 bridgehead atoms. The highest BCUT2D eigenvalue weighted by atomic mass is 16.5. The summed E-state index contributed by atoms with van der Waals surface area (Å²) in [5, 5.41) is 0. The van der Waals surface area contributed by atoms with Crippen molar-refractivity contribution in [2.24, 2.45) is 0 Å². The first-order chi connectivity index (χ1) is 7.56. The monoisotopic (exact) mass is 222 g/mol. The molecule has 16 heavy (non-hydrogen) atoms. The highest BCUT2D eigenvalue weighted by molar-refractivity contribution is 6.06. The van der Waals surface area contributed by atoms with Crippen LogP contribution >= 0.6 is 0 Å². The van der Waals surface area contributed by atoms with Crippen LogP contribution in [-0.4, -0.2) is 36.9 Å². The number of ether oxygens (including phenoxy) is 1. The number of allylic oxidation sites excluding steroid dienone is 1. The molecule has 1 N–H and O–H groups in total. The Bertz CT molecular complexity index is 461. The molecule has 0 spiro atoms. The zero-order chi connectivity index (χ0) is 12.1. The van der Waals surface area contributed by atoms with E-state index in [9.17, 15) is 9.59 Å².